The number of ether oxygens (including phenoxy) is 1. The van der Waals surface area contributed by atoms with Gasteiger partial charge in [-0.1, -0.05) is 6.07 Å². The van der Waals surface area contributed by atoms with Crippen LogP contribution in [-0.4, -0.2) is 50.7 Å². The van der Waals surface area contributed by atoms with Crippen LogP contribution in [0.4, 0.5) is 14.5 Å². The van der Waals surface area contributed by atoms with Gasteiger partial charge in [0.05, 0.1) is 18.4 Å². The molecule has 0 unspecified atom stereocenters. The molecule has 0 spiro atoms. The van der Waals surface area contributed by atoms with Crippen LogP contribution in [-0.2, 0) is 6.42 Å². The highest BCUT2D eigenvalue weighted by atomic mass is 32.1. The Morgan fingerprint density at radius 3 is 2.68 bits per heavy atom. The van der Waals surface area contributed by atoms with Gasteiger partial charge in [-0.25, -0.2) is 23.4 Å². The first-order valence-corrected chi connectivity index (χ1v) is 11.9. The molecule has 2 aliphatic heterocycles. The summed E-state index contributed by atoms with van der Waals surface area (Å²) in [5, 5.41) is 14.4. The lowest BCUT2D eigenvalue weighted by molar-refractivity contribution is 0.145. The van der Waals surface area contributed by atoms with Gasteiger partial charge in [0.2, 0.25) is 0 Å². The van der Waals surface area contributed by atoms with Crippen molar-refractivity contribution >= 4 is 17.0 Å². The van der Waals surface area contributed by atoms with E-state index in [1.165, 1.54) is 35.9 Å². The van der Waals surface area contributed by atoms with E-state index in [9.17, 15) is 13.9 Å². The van der Waals surface area contributed by atoms with E-state index in [0.717, 1.165) is 58.2 Å². The molecular weight excluding hydrogens is 460 g/mol. The number of para-hydroxylation sites is 1. The molecule has 34 heavy (non-hydrogen) atoms. The van der Waals surface area contributed by atoms with Crippen molar-refractivity contribution in [2.75, 3.05) is 24.6 Å². The minimum atomic E-state index is -0.721. The molecule has 0 radical (unpaired) electrons. The molecule has 0 bridgehead atoms. The number of hydrogen-bond acceptors (Lipinski definition) is 7. The van der Waals surface area contributed by atoms with Gasteiger partial charge in [0.1, 0.15) is 17.8 Å². The third kappa shape index (κ3) is 3.63. The SMILES string of the molecule is OC1CCN(c2ccc3c(c2)OCCc2sc(-c4ncnn4-c4c(F)cccc4F)nc2-3)CC1. The molecule has 1 fully saturated rings. The maximum absolute atomic E-state index is 14.4. The summed E-state index contributed by atoms with van der Waals surface area (Å²) < 4.78 is 36.1. The number of aliphatic hydroxyl groups is 1. The van der Waals surface area contributed by atoms with Gasteiger partial charge in [0, 0.05) is 41.7 Å². The second-order valence-electron chi connectivity index (χ2n) is 8.35. The summed E-state index contributed by atoms with van der Waals surface area (Å²) in [6, 6.07) is 9.77. The fourth-order valence-electron chi connectivity index (χ4n) is 4.47. The molecule has 4 heterocycles. The van der Waals surface area contributed by atoms with Crippen molar-refractivity contribution in [1.29, 1.82) is 0 Å². The Labute approximate surface area is 198 Å². The first kappa shape index (κ1) is 21.2. The number of fused-ring (bicyclic) bond motifs is 3. The molecule has 0 aliphatic carbocycles. The summed E-state index contributed by atoms with van der Waals surface area (Å²) in [6.07, 6.45) is 3.20. The Kier molecular flexibility index (Phi) is 5.26. The maximum atomic E-state index is 14.4. The number of anilines is 1. The Balaban J connectivity index is 1.38. The molecule has 1 saturated heterocycles. The van der Waals surface area contributed by atoms with Gasteiger partial charge in [-0.05, 0) is 37.1 Å². The molecule has 4 aromatic rings. The largest absolute Gasteiger partial charge is 0.492 e. The number of benzene rings is 2. The smallest absolute Gasteiger partial charge is 0.192 e. The number of aromatic nitrogens is 4. The van der Waals surface area contributed by atoms with Crippen molar-refractivity contribution in [3.05, 3.63) is 59.2 Å². The number of halogens is 2. The van der Waals surface area contributed by atoms with Gasteiger partial charge in [-0.15, -0.1) is 11.3 Å². The highest BCUT2D eigenvalue weighted by molar-refractivity contribution is 7.15. The Bertz CT molecular complexity index is 1340. The zero-order valence-corrected chi connectivity index (χ0v) is 18.9. The predicted molar refractivity (Wildman–Crippen MR) is 124 cm³/mol. The van der Waals surface area contributed by atoms with Crippen molar-refractivity contribution < 1.29 is 18.6 Å². The van der Waals surface area contributed by atoms with E-state index in [2.05, 4.69) is 15.0 Å². The van der Waals surface area contributed by atoms with Crippen molar-refractivity contribution in [3.63, 3.8) is 0 Å². The number of nitrogens with zero attached hydrogens (tertiary/aromatic N) is 5. The zero-order valence-electron chi connectivity index (χ0n) is 18.1. The van der Waals surface area contributed by atoms with E-state index in [1.807, 2.05) is 18.2 Å². The summed E-state index contributed by atoms with van der Waals surface area (Å²) in [4.78, 5) is 12.3. The van der Waals surface area contributed by atoms with Gasteiger partial charge in [-0.3, -0.25) is 0 Å². The Hall–Kier alpha value is -3.37. The lowest BCUT2D eigenvalue weighted by Crippen LogP contribution is -2.35. The van der Waals surface area contributed by atoms with E-state index < -0.39 is 11.6 Å². The molecule has 6 rings (SSSR count). The summed E-state index contributed by atoms with van der Waals surface area (Å²) in [5.74, 6) is -0.406. The normalized spacial score (nSPS) is 16.0. The third-order valence-electron chi connectivity index (χ3n) is 6.22. The molecule has 0 amide bonds. The van der Waals surface area contributed by atoms with Crippen LogP contribution in [0.25, 0.3) is 27.8 Å². The zero-order chi connectivity index (χ0) is 23.2. The fraction of sp³-hybridized carbons (Fsp3) is 0.292. The quantitative estimate of drug-likeness (QED) is 0.472. The van der Waals surface area contributed by atoms with Crippen LogP contribution in [0.5, 0.6) is 5.75 Å². The number of rotatable bonds is 3. The molecule has 1 N–H and O–H groups in total. The van der Waals surface area contributed by atoms with Gasteiger partial charge < -0.3 is 14.7 Å². The lowest BCUT2D eigenvalue weighted by Gasteiger charge is -2.31. The summed E-state index contributed by atoms with van der Waals surface area (Å²) in [7, 11) is 0. The highest BCUT2D eigenvalue weighted by Crippen LogP contribution is 2.42. The maximum Gasteiger partial charge on any atom is 0.192 e. The van der Waals surface area contributed by atoms with Crippen LogP contribution in [0.1, 0.15) is 17.7 Å². The number of piperidine rings is 1. The minimum Gasteiger partial charge on any atom is -0.492 e. The van der Waals surface area contributed by atoms with E-state index in [-0.39, 0.29) is 17.6 Å². The standard InChI is InChI=1S/C24H21F2N5O2S/c25-17-2-1-3-18(26)22(17)31-23(27-13-28-31)24-29-21-16-5-4-14(30-9-6-15(32)7-10-30)12-19(16)33-11-8-20(21)34-24/h1-5,12-13,15,32H,6-11H2. The molecule has 7 nitrogen and oxygen atoms in total. The molecular formula is C24H21F2N5O2S. The van der Waals surface area contributed by atoms with Crippen LogP contribution in [0.3, 0.4) is 0 Å². The second-order valence-corrected chi connectivity index (χ2v) is 9.44. The molecule has 2 aliphatic rings. The molecule has 10 heteroatoms. The lowest BCUT2D eigenvalue weighted by atomic mass is 10.1. The molecule has 174 valence electrons. The first-order chi connectivity index (χ1) is 16.6. The minimum absolute atomic E-state index is 0.232. The number of hydrogen-bond donors (Lipinski definition) is 1. The van der Waals surface area contributed by atoms with E-state index in [1.54, 1.807) is 0 Å². The summed E-state index contributed by atoms with van der Waals surface area (Å²) in [5.41, 5.74) is 2.44. The van der Waals surface area contributed by atoms with E-state index in [4.69, 9.17) is 9.72 Å². The molecule has 2 aromatic carbocycles. The molecule has 2 aromatic heterocycles. The van der Waals surface area contributed by atoms with Crippen molar-refractivity contribution in [1.82, 2.24) is 19.7 Å². The average Bonchev–Trinajstić information content (AvgIpc) is 3.43. The van der Waals surface area contributed by atoms with Crippen LogP contribution >= 0.6 is 11.3 Å². The van der Waals surface area contributed by atoms with Crippen LogP contribution < -0.4 is 9.64 Å². The van der Waals surface area contributed by atoms with Crippen molar-refractivity contribution in [2.45, 2.75) is 25.4 Å². The van der Waals surface area contributed by atoms with Crippen LogP contribution in [0, 0.1) is 11.6 Å². The van der Waals surface area contributed by atoms with E-state index in [0.29, 0.717) is 18.0 Å². The van der Waals surface area contributed by atoms with Gasteiger partial charge in [0.15, 0.2) is 22.5 Å². The average molecular weight is 482 g/mol. The summed E-state index contributed by atoms with van der Waals surface area (Å²) >= 11 is 1.43. The molecule has 0 saturated carbocycles. The highest BCUT2D eigenvalue weighted by Gasteiger charge is 2.26. The van der Waals surface area contributed by atoms with Gasteiger partial charge in [-0.2, -0.15) is 5.10 Å². The first-order valence-electron chi connectivity index (χ1n) is 11.1. The van der Waals surface area contributed by atoms with E-state index >= 15 is 0 Å². The van der Waals surface area contributed by atoms with Crippen LogP contribution in [0.15, 0.2) is 42.7 Å². The monoisotopic (exact) mass is 481 g/mol. The fourth-order valence-corrected chi connectivity index (χ4v) is 5.51. The molecule has 0 atom stereocenters. The summed E-state index contributed by atoms with van der Waals surface area (Å²) in [6.45, 7) is 2.10. The second kappa shape index (κ2) is 8.44. The third-order valence-corrected chi connectivity index (χ3v) is 7.33. The topological polar surface area (TPSA) is 76.3 Å². The number of thiazole rings is 1. The predicted octanol–water partition coefficient (Wildman–Crippen LogP) is 4.23. The Morgan fingerprint density at radius 1 is 1.09 bits per heavy atom. The number of aliphatic hydroxyl groups excluding tert-OH is 1. The van der Waals surface area contributed by atoms with Gasteiger partial charge in [0.25, 0.3) is 0 Å². The van der Waals surface area contributed by atoms with Crippen LogP contribution in [0.2, 0.25) is 0 Å². The van der Waals surface area contributed by atoms with Crippen molar-refractivity contribution in [2.24, 2.45) is 0 Å². The Morgan fingerprint density at radius 2 is 1.88 bits per heavy atom. The van der Waals surface area contributed by atoms with Gasteiger partial charge >= 0.3 is 0 Å². The van der Waals surface area contributed by atoms with Crippen molar-refractivity contribution in [3.8, 4) is 33.5 Å².